The fourth-order valence-electron chi connectivity index (χ4n) is 1.60. The first-order valence-electron chi connectivity index (χ1n) is 5.50. The highest BCUT2D eigenvalue weighted by atomic mass is 17.2. The van der Waals surface area contributed by atoms with E-state index >= 15 is 0 Å². The smallest absolute Gasteiger partial charge is 0.253 e. The van der Waals surface area contributed by atoms with Crippen molar-refractivity contribution in [1.29, 1.82) is 0 Å². The number of carbonyl (C=O) groups is 1. The molecule has 2 rings (SSSR count). The Hall–Kier alpha value is -1.55. The Balaban J connectivity index is 1.99. The summed E-state index contributed by atoms with van der Waals surface area (Å²) in [5, 5.41) is 2.79. The molecule has 0 aliphatic carbocycles. The molecule has 1 aliphatic rings. The summed E-state index contributed by atoms with van der Waals surface area (Å²) in [5.41, 5.74) is 1.00. The number of amides is 1. The zero-order valence-electron chi connectivity index (χ0n) is 9.23. The number of nitrogens with one attached hydrogen (secondary N) is 1. The van der Waals surface area contributed by atoms with Crippen LogP contribution in [0.1, 0.15) is 18.9 Å². The van der Waals surface area contributed by atoms with E-state index in [2.05, 4.69) is 5.32 Å². The number of hydrogen-bond donors (Lipinski definition) is 1. The molecule has 1 unspecified atom stereocenters. The van der Waals surface area contributed by atoms with Gasteiger partial charge in [0.05, 0.1) is 0 Å². The first kappa shape index (κ1) is 11.0. The Morgan fingerprint density at radius 1 is 1.50 bits per heavy atom. The number of hydrogen-bond acceptors (Lipinski definition) is 3. The van der Waals surface area contributed by atoms with Crippen LogP contribution in [0.3, 0.4) is 0 Å². The molecule has 1 heterocycles. The average Bonchev–Trinajstić information content (AvgIpc) is 2.35. The van der Waals surface area contributed by atoms with Gasteiger partial charge in [-0.2, -0.15) is 4.89 Å². The van der Waals surface area contributed by atoms with Crippen molar-refractivity contribution in [3.63, 3.8) is 0 Å². The molecule has 4 heteroatoms. The van der Waals surface area contributed by atoms with Crippen molar-refractivity contribution in [3.05, 3.63) is 29.8 Å². The van der Waals surface area contributed by atoms with Gasteiger partial charge in [-0.1, -0.05) is 25.1 Å². The maximum Gasteiger partial charge on any atom is 0.253 e. The lowest BCUT2D eigenvalue weighted by Gasteiger charge is -2.22. The fraction of sp³-hybridized carbons (Fsp3) is 0.417. The molecule has 4 nitrogen and oxygen atoms in total. The van der Waals surface area contributed by atoms with Crippen molar-refractivity contribution in [2.24, 2.45) is 0 Å². The third-order valence-electron chi connectivity index (χ3n) is 2.47. The van der Waals surface area contributed by atoms with E-state index < -0.39 is 6.10 Å². The van der Waals surface area contributed by atoms with Gasteiger partial charge < -0.3 is 10.2 Å². The summed E-state index contributed by atoms with van der Waals surface area (Å²) in [6.07, 6.45) is 0.934. The third-order valence-corrected chi connectivity index (χ3v) is 2.47. The number of rotatable bonds is 3. The van der Waals surface area contributed by atoms with E-state index in [-0.39, 0.29) is 5.91 Å². The van der Waals surface area contributed by atoms with E-state index in [9.17, 15) is 4.79 Å². The van der Waals surface area contributed by atoms with Crippen LogP contribution >= 0.6 is 0 Å². The van der Waals surface area contributed by atoms with Crippen LogP contribution in [0.2, 0.25) is 0 Å². The molecular formula is C12H15NO3. The van der Waals surface area contributed by atoms with Gasteiger partial charge in [-0.15, -0.1) is 0 Å². The second-order valence-electron chi connectivity index (χ2n) is 3.77. The van der Waals surface area contributed by atoms with E-state index in [1.54, 1.807) is 0 Å². The highest BCUT2D eigenvalue weighted by molar-refractivity contribution is 5.81. The molecule has 1 N–H and O–H groups in total. The van der Waals surface area contributed by atoms with Crippen LogP contribution in [-0.4, -0.2) is 18.6 Å². The van der Waals surface area contributed by atoms with Crippen molar-refractivity contribution in [2.75, 3.05) is 6.54 Å². The highest BCUT2D eigenvalue weighted by Gasteiger charge is 2.27. The first-order valence-corrected chi connectivity index (χ1v) is 5.50. The van der Waals surface area contributed by atoms with Crippen LogP contribution in [-0.2, 0) is 16.1 Å². The maximum absolute atomic E-state index is 11.7. The lowest BCUT2D eigenvalue weighted by molar-refractivity contribution is -0.249. The summed E-state index contributed by atoms with van der Waals surface area (Å²) < 4.78 is 0. The zero-order chi connectivity index (χ0) is 11.4. The summed E-state index contributed by atoms with van der Waals surface area (Å²) in [7, 11) is 0. The van der Waals surface area contributed by atoms with Crippen molar-refractivity contribution in [1.82, 2.24) is 5.32 Å². The predicted molar refractivity (Wildman–Crippen MR) is 58.9 cm³/mol. The molecule has 0 radical (unpaired) electrons. The summed E-state index contributed by atoms with van der Waals surface area (Å²) in [5.74, 6) is 0.582. The molecule has 1 aromatic carbocycles. The molecule has 1 amide bonds. The van der Waals surface area contributed by atoms with Crippen molar-refractivity contribution in [3.8, 4) is 5.75 Å². The minimum absolute atomic E-state index is 0.114. The van der Waals surface area contributed by atoms with Gasteiger partial charge in [-0.05, 0) is 12.5 Å². The number of para-hydroxylation sites is 1. The second-order valence-corrected chi connectivity index (χ2v) is 3.77. The van der Waals surface area contributed by atoms with Crippen LogP contribution in [0, 0.1) is 0 Å². The Labute approximate surface area is 94.5 Å². The molecule has 1 atom stereocenters. The zero-order valence-corrected chi connectivity index (χ0v) is 9.23. The molecule has 1 aromatic rings. The Morgan fingerprint density at radius 2 is 2.31 bits per heavy atom. The molecule has 0 saturated carbocycles. The van der Waals surface area contributed by atoms with Gasteiger partial charge in [0.2, 0.25) is 0 Å². The van der Waals surface area contributed by atoms with E-state index in [1.807, 2.05) is 31.2 Å². The van der Waals surface area contributed by atoms with Crippen LogP contribution in [0.4, 0.5) is 0 Å². The average molecular weight is 221 g/mol. The van der Waals surface area contributed by atoms with E-state index in [4.69, 9.17) is 9.78 Å². The monoisotopic (exact) mass is 221 g/mol. The predicted octanol–water partition coefficient (Wildman–Crippen LogP) is 1.45. The summed E-state index contributed by atoms with van der Waals surface area (Å²) in [6.45, 7) is 2.67. The largest absolute Gasteiger partial charge is 0.354 e. The standard InChI is InChI=1S/C12H15NO3/c1-2-7-13-12(14)11-8-9-5-3-4-6-10(9)15-16-11/h3-6,11H,2,7-8H2,1H3,(H,13,14). The normalized spacial score (nSPS) is 18.4. The minimum Gasteiger partial charge on any atom is -0.354 e. The van der Waals surface area contributed by atoms with Gasteiger partial charge in [0.25, 0.3) is 5.91 Å². The van der Waals surface area contributed by atoms with Crippen LogP contribution < -0.4 is 10.2 Å². The van der Waals surface area contributed by atoms with Crippen molar-refractivity contribution >= 4 is 5.91 Å². The van der Waals surface area contributed by atoms with Crippen molar-refractivity contribution in [2.45, 2.75) is 25.9 Å². The maximum atomic E-state index is 11.7. The van der Waals surface area contributed by atoms with Crippen molar-refractivity contribution < 1.29 is 14.6 Å². The van der Waals surface area contributed by atoms with Gasteiger partial charge >= 0.3 is 0 Å². The lowest BCUT2D eigenvalue weighted by Crippen LogP contribution is -2.40. The molecule has 0 fully saturated rings. The number of benzene rings is 1. The number of fused-ring (bicyclic) bond motifs is 1. The Kier molecular flexibility index (Phi) is 3.41. The van der Waals surface area contributed by atoms with E-state index in [1.165, 1.54) is 0 Å². The van der Waals surface area contributed by atoms with Crippen LogP contribution in [0.25, 0.3) is 0 Å². The summed E-state index contributed by atoms with van der Waals surface area (Å²) >= 11 is 0. The molecule has 86 valence electrons. The Bertz CT molecular complexity index is 378. The molecule has 0 saturated heterocycles. The molecule has 0 aromatic heterocycles. The minimum atomic E-state index is -0.540. The van der Waals surface area contributed by atoms with Gasteiger partial charge in [0.1, 0.15) is 0 Å². The quantitative estimate of drug-likeness (QED) is 0.786. The van der Waals surface area contributed by atoms with Gasteiger partial charge in [-0.25, -0.2) is 0 Å². The van der Waals surface area contributed by atoms with Gasteiger partial charge in [-0.3, -0.25) is 4.79 Å². The summed E-state index contributed by atoms with van der Waals surface area (Å²) in [6, 6.07) is 7.57. The molecule has 0 bridgehead atoms. The second kappa shape index (κ2) is 4.99. The fourth-order valence-corrected chi connectivity index (χ4v) is 1.60. The first-order chi connectivity index (χ1) is 7.81. The van der Waals surface area contributed by atoms with Gasteiger partial charge in [0, 0.05) is 18.5 Å². The molecule has 1 aliphatic heterocycles. The number of carbonyl (C=O) groups excluding carboxylic acids is 1. The molecule has 0 spiro atoms. The topological polar surface area (TPSA) is 47.6 Å². The SMILES string of the molecule is CCCNC(=O)C1Cc2ccccc2OO1. The summed E-state index contributed by atoms with van der Waals surface area (Å²) in [4.78, 5) is 21.8. The third kappa shape index (κ3) is 2.33. The van der Waals surface area contributed by atoms with E-state index in [0.29, 0.717) is 18.7 Å². The Morgan fingerprint density at radius 3 is 3.12 bits per heavy atom. The van der Waals surface area contributed by atoms with E-state index in [0.717, 1.165) is 12.0 Å². The highest BCUT2D eigenvalue weighted by Crippen LogP contribution is 2.25. The van der Waals surface area contributed by atoms with Gasteiger partial charge in [0.15, 0.2) is 11.9 Å². The molecule has 16 heavy (non-hydrogen) atoms. The lowest BCUT2D eigenvalue weighted by atomic mass is 10.1. The molecular weight excluding hydrogens is 206 g/mol. The van der Waals surface area contributed by atoms with Crippen LogP contribution in [0.15, 0.2) is 24.3 Å². The van der Waals surface area contributed by atoms with Crippen LogP contribution in [0.5, 0.6) is 5.75 Å².